The van der Waals surface area contributed by atoms with E-state index >= 15 is 0 Å². The molecule has 9 nitrogen and oxygen atoms in total. The van der Waals surface area contributed by atoms with Crippen LogP contribution in [0.4, 0.5) is 4.79 Å². The highest BCUT2D eigenvalue weighted by atomic mass is 16.7. The van der Waals surface area contributed by atoms with E-state index in [4.69, 9.17) is 18.9 Å². The van der Waals surface area contributed by atoms with Crippen molar-refractivity contribution in [2.75, 3.05) is 19.9 Å². The van der Waals surface area contributed by atoms with E-state index in [1.165, 1.54) is 0 Å². The fraction of sp³-hybridized carbons (Fsp3) is 0.286. The molecule has 0 radical (unpaired) electrons. The van der Waals surface area contributed by atoms with E-state index in [0.29, 0.717) is 17.2 Å². The zero-order valence-electron chi connectivity index (χ0n) is 16.2. The molecule has 3 amide bonds. The highest BCUT2D eigenvalue weighted by molar-refractivity contribution is 5.97. The third kappa shape index (κ3) is 4.14. The van der Waals surface area contributed by atoms with E-state index in [2.05, 4.69) is 5.32 Å². The summed E-state index contributed by atoms with van der Waals surface area (Å²) in [5, 5.41) is 2.85. The van der Waals surface area contributed by atoms with Gasteiger partial charge < -0.3 is 24.3 Å². The van der Waals surface area contributed by atoms with Gasteiger partial charge in [-0.15, -0.1) is 0 Å². The van der Waals surface area contributed by atoms with E-state index in [1.807, 2.05) is 18.2 Å². The molecular formula is C21H20N2O7. The second-order valence-corrected chi connectivity index (χ2v) is 6.81. The Morgan fingerprint density at radius 2 is 1.87 bits per heavy atom. The number of carbonyl (C=O) groups excluding carboxylic acids is 3. The van der Waals surface area contributed by atoms with Crippen LogP contribution in [-0.4, -0.2) is 48.9 Å². The first kappa shape index (κ1) is 19.6. The smallest absolute Gasteiger partial charge is 0.417 e. The van der Waals surface area contributed by atoms with Gasteiger partial charge in [0.2, 0.25) is 6.79 Å². The van der Waals surface area contributed by atoms with Gasteiger partial charge >= 0.3 is 6.09 Å². The van der Waals surface area contributed by atoms with Gasteiger partial charge in [-0.1, -0.05) is 30.3 Å². The average molecular weight is 412 g/mol. The Labute approximate surface area is 172 Å². The van der Waals surface area contributed by atoms with Gasteiger partial charge in [-0.05, 0) is 24.6 Å². The van der Waals surface area contributed by atoms with Crippen LogP contribution in [0, 0.1) is 0 Å². The molecule has 1 N–H and O–H groups in total. The summed E-state index contributed by atoms with van der Waals surface area (Å²) < 4.78 is 21.1. The molecule has 0 spiro atoms. The van der Waals surface area contributed by atoms with Gasteiger partial charge in [0, 0.05) is 6.07 Å². The van der Waals surface area contributed by atoms with Crippen LogP contribution < -0.4 is 19.5 Å². The lowest BCUT2D eigenvalue weighted by molar-refractivity contribution is -0.130. The summed E-state index contributed by atoms with van der Waals surface area (Å²) in [6.45, 7) is 1.42. The van der Waals surface area contributed by atoms with E-state index in [0.717, 1.165) is 10.5 Å². The van der Waals surface area contributed by atoms with Crippen molar-refractivity contribution in [2.45, 2.75) is 19.1 Å². The number of imide groups is 1. The maximum absolute atomic E-state index is 12.8. The molecule has 2 atom stereocenters. The molecule has 2 aromatic carbocycles. The van der Waals surface area contributed by atoms with Crippen LogP contribution in [0.15, 0.2) is 48.5 Å². The second kappa shape index (κ2) is 8.32. The molecule has 1 fully saturated rings. The summed E-state index contributed by atoms with van der Waals surface area (Å²) in [5.74, 6) is 0.775. The number of nitrogens with one attached hydrogen (secondary N) is 1. The van der Waals surface area contributed by atoms with Crippen LogP contribution >= 0.6 is 0 Å². The molecule has 2 aliphatic rings. The van der Waals surface area contributed by atoms with Crippen LogP contribution in [0.5, 0.6) is 17.2 Å². The molecule has 1 saturated heterocycles. The lowest BCUT2D eigenvalue weighted by Crippen LogP contribution is -2.44. The Morgan fingerprint density at radius 1 is 1.10 bits per heavy atom. The second-order valence-electron chi connectivity index (χ2n) is 6.81. The third-order valence-electron chi connectivity index (χ3n) is 4.75. The molecular weight excluding hydrogens is 392 g/mol. The van der Waals surface area contributed by atoms with E-state index < -0.39 is 30.1 Å². The molecule has 4 rings (SSSR count). The highest BCUT2D eigenvalue weighted by Gasteiger charge is 2.34. The van der Waals surface area contributed by atoms with Gasteiger partial charge in [-0.3, -0.25) is 9.59 Å². The predicted octanol–water partition coefficient (Wildman–Crippen LogP) is 2.02. The summed E-state index contributed by atoms with van der Waals surface area (Å²) in [5.41, 5.74) is 0.744. The number of benzene rings is 2. The number of fused-ring (bicyclic) bond motifs is 1. The standard InChI is InChI=1S/C21H20N2O7/c1-13(30-15-7-8-17-18(9-15)29-12-28-17)20(25)22-16(14-5-3-2-4-6-14)10-23-19(24)11-27-21(23)26/h2-9,13,16H,10-12H2,1H3,(H,22,25). The van der Waals surface area contributed by atoms with Crippen molar-refractivity contribution in [1.29, 1.82) is 0 Å². The van der Waals surface area contributed by atoms with Crippen molar-refractivity contribution >= 4 is 17.9 Å². The number of amides is 3. The van der Waals surface area contributed by atoms with Crippen LogP contribution in [0.2, 0.25) is 0 Å². The minimum atomic E-state index is -0.835. The lowest BCUT2D eigenvalue weighted by Gasteiger charge is -2.24. The summed E-state index contributed by atoms with van der Waals surface area (Å²) >= 11 is 0. The average Bonchev–Trinajstić information content (AvgIpc) is 3.34. The minimum absolute atomic E-state index is 0.0375. The number of rotatable bonds is 7. The van der Waals surface area contributed by atoms with Crippen molar-refractivity contribution < 1.29 is 33.3 Å². The van der Waals surface area contributed by atoms with Gasteiger partial charge in [0.25, 0.3) is 11.8 Å². The molecule has 30 heavy (non-hydrogen) atoms. The Balaban J connectivity index is 1.45. The summed E-state index contributed by atoms with van der Waals surface area (Å²) in [7, 11) is 0. The predicted molar refractivity (Wildman–Crippen MR) is 103 cm³/mol. The fourth-order valence-electron chi connectivity index (χ4n) is 3.16. The number of ether oxygens (including phenoxy) is 4. The highest BCUT2D eigenvalue weighted by Crippen LogP contribution is 2.35. The monoisotopic (exact) mass is 412 g/mol. The number of hydrogen-bond donors (Lipinski definition) is 1. The molecule has 2 aromatic rings. The summed E-state index contributed by atoms with van der Waals surface area (Å²) in [6.07, 6.45) is -1.56. The zero-order chi connectivity index (χ0) is 21.1. The van der Waals surface area contributed by atoms with Crippen LogP contribution in [0.1, 0.15) is 18.5 Å². The first-order chi connectivity index (χ1) is 14.5. The molecule has 0 bridgehead atoms. The quantitative estimate of drug-likeness (QED) is 0.742. The van der Waals surface area contributed by atoms with E-state index in [1.54, 1.807) is 37.3 Å². The lowest BCUT2D eigenvalue weighted by atomic mass is 10.1. The number of carbonyl (C=O) groups is 3. The molecule has 0 aliphatic carbocycles. The van der Waals surface area contributed by atoms with Crippen molar-refractivity contribution in [3.05, 3.63) is 54.1 Å². The zero-order valence-corrected chi connectivity index (χ0v) is 16.2. The van der Waals surface area contributed by atoms with Gasteiger partial charge in [0.05, 0.1) is 12.6 Å². The maximum Gasteiger partial charge on any atom is 0.417 e. The molecule has 156 valence electrons. The Kier molecular flexibility index (Phi) is 5.42. The normalized spacial score (nSPS) is 16.8. The molecule has 2 unspecified atom stereocenters. The summed E-state index contributed by atoms with van der Waals surface area (Å²) in [4.78, 5) is 37.5. The van der Waals surface area contributed by atoms with Crippen molar-refractivity contribution in [3.63, 3.8) is 0 Å². The fourth-order valence-corrected chi connectivity index (χ4v) is 3.16. The van der Waals surface area contributed by atoms with Gasteiger partial charge in [-0.2, -0.15) is 0 Å². The number of nitrogens with zero attached hydrogens (tertiary/aromatic N) is 1. The Hall–Kier alpha value is -3.75. The van der Waals surface area contributed by atoms with Crippen molar-refractivity contribution in [3.8, 4) is 17.2 Å². The van der Waals surface area contributed by atoms with Gasteiger partial charge in [-0.25, -0.2) is 9.69 Å². The number of hydrogen-bond acceptors (Lipinski definition) is 7. The molecule has 2 heterocycles. The van der Waals surface area contributed by atoms with Gasteiger partial charge in [0.1, 0.15) is 5.75 Å². The van der Waals surface area contributed by atoms with E-state index in [9.17, 15) is 14.4 Å². The molecule has 2 aliphatic heterocycles. The van der Waals surface area contributed by atoms with Crippen molar-refractivity contribution in [1.82, 2.24) is 10.2 Å². The van der Waals surface area contributed by atoms with E-state index in [-0.39, 0.29) is 19.9 Å². The molecule has 9 heteroatoms. The largest absolute Gasteiger partial charge is 0.481 e. The summed E-state index contributed by atoms with van der Waals surface area (Å²) in [6, 6.07) is 13.5. The first-order valence-electron chi connectivity index (χ1n) is 9.40. The van der Waals surface area contributed by atoms with Crippen LogP contribution in [-0.2, 0) is 14.3 Å². The first-order valence-corrected chi connectivity index (χ1v) is 9.40. The third-order valence-corrected chi connectivity index (χ3v) is 4.75. The van der Waals surface area contributed by atoms with Crippen LogP contribution in [0.25, 0.3) is 0 Å². The minimum Gasteiger partial charge on any atom is -0.481 e. The SMILES string of the molecule is CC(Oc1ccc2c(c1)OCO2)C(=O)NC(CN1C(=O)COC1=O)c1ccccc1. The molecule has 0 saturated carbocycles. The van der Waals surface area contributed by atoms with Crippen LogP contribution in [0.3, 0.4) is 0 Å². The maximum atomic E-state index is 12.8. The number of cyclic esters (lactones) is 1. The topological polar surface area (TPSA) is 103 Å². The Bertz CT molecular complexity index is 947. The van der Waals surface area contributed by atoms with Crippen molar-refractivity contribution in [2.24, 2.45) is 0 Å². The van der Waals surface area contributed by atoms with Gasteiger partial charge in [0.15, 0.2) is 24.2 Å². The Morgan fingerprint density at radius 3 is 2.60 bits per heavy atom. The molecule has 0 aromatic heterocycles.